The highest BCUT2D eigenvalue weighted by molar-refractivity contribution is 7.91. The number of likely N-dealkylation sites (tertiary alicyclic amines) is 1. The number of carbonyl (C=O) groups excluding carboxylic acids is 1. The minimum Gasteiger partial charge on any atom is -0.342 e. The Hall–Kier alpha value is -2.64. The van der Waals surface area contributed by atoms with Crippen molar-refractivity contribution < 1.29 is 13.2 Å². The Labute approximate surface area is 211 Å². The Balaban J connectivity index is 1.21. The number of piperidine rings is 1. The van der Waals surface area contributed by atoms with Crippen molar-refractivity contribution in [1.82, 2.24) is 14.5 Å². The molecule has 5 rings (SSSR count). The second-order valence-electron chi connectivity index (χ2n) is 9.77. The first-order valence-electron chi connectivity index (χ1n) is 12.1. The van der Waals surface area contributed by atoms with E-state index in [1.54, 1.807) is 18.3 Å². The van der Waals surface area contributed by atoms with Crippen LogP contribution in [0.5, 0.6) is 0 Å². The molecule has 2 aromatic carbocycles. The largest absolute Gasteiger partial charge is 0.342 e. The molecule has 0 spiro atoms. The van der Waals surface area contributed by atoms with Crippen LogP contribution in [0.25, 0.3) is 0 Å². The third-order valence-corrected chi connectivity index (χ3v) is 9.39. The highest BCUT2D eigenvalue weighted by Gasteiger charge is 2.53. The van der Waals surface area contributed by atoms with E-state index in [2.05, 4.69) is 4.98 Å². The van der Waals surface area contributed by atoms with Crippen molar-refractivity contribution in [2.75, 3.05) is 18.8 Å². The average molecular weight is 512 g/mol. The number of sulfone groups is 1. The summed E-state index contributed by atoms with van der Waals surface area (Å²) in [6.45, 7) is 3.68. The maximum Gasteiger partial charge on any atom is 0.233 e. The Kier molecular flexibility index (Phi) is 6.49. The lowest BCUT2D eigenvalue weighted by Crippen LogP contribution is -2.44. The zero-order valence-electron chi connectivity index (χ0n) is 19.9. The fourth-order valence-electron chi connectivity index (χ4n) is 5.12. The van der Waals surface area contributed by atoms with Crippen molar-refractivity contribution >= 4 is 27.3 Å². The number of aromatic nitrogens is 2. The predicted molar refractivity (Wildman–Crippen MR) is 136 cm³/mol. The van der Waals surface area contributed by atoms with E-state index in [1.807, 2.05) is 59.0 Å². The molecule has 1 saturated heterocycles. The summed E-state index contributed by atoms with van der Waals surface area (Å²) in [5, 5.41) is 0.681. The maximum atomic E-state index is 13.4. The molecule has 0 radical (unpaired) electrons. The first kappa shape index (κ1) is 24.1. The van der Waals surface area contributed by atoms with Gasteiger partial charge in [0.1, 0.15) is 5.82 Å². The molecular weight excluding hydrogens is 482 g/mol. The van der Waals surface area contributed by atoms with Gasteiger partial charge in [0.05, 0.1) is 16.1 Å². The van der Waals surface area contributed by atoms with Gasteiger partial charge in [0.2, 0.25) is 5.91 Å². The van der Waals surface area contributed by atoms with Crippen LogP contribution in [0.2, 0.25) is 5.02 Å². The van der Waals surface area contributed by atoms with E-state index in [0.29, 0.717) is 29.6 Å². The Morgan fingerprint density at radius 1 is 1.06 bits per heavy atom. The van der Waals surface area contributed by atoms with Gasteiger partial charge in [-0.15, -0.1) is 0 Å². The number of benzene rings is 2. The molecule has 3 aromatic rings. The van der Waals surface area contributed by atoms with Crippen LogP contribution < -0.4 is 0 Å². The summed E-state index contributed by atoms with van der Waals surface area (Å²) in [7, 11) is -3.37. The third kappa shape index (κ3) is 4.89. The van der Waals surface area contributed by atoms with E-state index >= 15 is 0 Å². The zero-order valence-corrected chi connectivity index (χ0v) is 21.4. The minimum atomic E-state index is -3.37. The molecule has 35 heavy (non-hydrogen) atoms. The van der Waals surface area contributed by atoms with Gasteiger partial charge in [0, 0.05) is 43.0 Å². The Morgan fingerprint density at radius 2 is 1.71 bits per heavy atom. The standard InChI is InChI=1S/C27H30ClN3O3S/c1-20-2-8-24(9-3-20)35(33,34)19-18-30-17-14-29-25(30)21-10-15-31(16-11-21)26(32)27(12-13-27)22-4-6-23(28)7-5-22/h2-9,14,17,21H,10-13,15-16,18-19H2,1H3. The van der Waals surface area contributed by atoms with Crippen molar-refractivity contribution in [3.63, 3.8) is 0 Å². The van der Waals surface area contributed by atoms with E-state index in [-0.39, 0.29) is 23.0 Å². The molecule has 6 nitrogen and oxygen atoms in total. The van der Waals surface area contributed by atoms with Gasteiger partial charge in [0.15, 0.2) is 9.84 Å². The number of hydrogen-bond acceptors (Lipinski definition) is 4. The van der Waals surface area contributed by atoms with Crippen molar-refractivity contribution in [1.29, 1.82) is 0 Å². The quantitative estimate of drug-likeness (QED) is 0.458. The molecular formula is C27H30ClN3O3S. The van der Waals surface area contributed by atoms with Gasteiger partial charge in [-0.25, -0.2) is 13.4 Å². The average Bonchev–Trinajstić information content (AvgIpc) is 3.53. The second kappa shape index (κ2) is 9.43. The number of carbonyl (C=O) groups is 1. The van der Waals surface area contributed by atoms with Crippen LogP contribution in [0.1, 0.15) is 48.6 Å². The summed E-state index contributed by atoms with van der Waals surface area (Å²) >= 11 is 6.04. The van der Waals surface area contributed by atoms with E-state index in [4.69, 9.17) is 11.6 Å². The van der Waals surface area contributed by atoms with E-state index < -0.39 is 9.84 Å². The Morgan fingerprint density at radius 3 is 2.34 bits per heavy atom. The van der Waals surface area contributed by atoms with Gasteiger partial charge in [-0.2, -0.15) is 0 Å². The molecule has 1 aliphatic heterocycles. The highest BCUT2D eigenvalue weighted by atomic mass is 35.5. The molecule has 2 fully saturated rings. The van der Waals surface area contributed by atoms with Crippen LogP contribution >= 0.6 is 11.6 Å². The molecule has 0 N–H and O–H groups in total. The summed E-state index contributed by atoms with van der Waals surface area (Å²) < 4.78 is 27.6. The monoisotopic (exact) mass is 511 g/mol. The number of nitrogens with zero attached hydrogens (tertiary/aromatic N) is 3. The molecule has 8 heteroatoms. The van der Waals surface area contributed by atoms with Gasteiger partial charge in [-0.1, -0.05) is 41.4 Å². The van der Waals surface area contributed by atoms with Crippen LogP contribution in [-0.4, -0.2) is 47.6 Å². The lowest BCUT2D eigenvalue weighted by molar-refractivity contribution is -0.135. The van der Waals surface area contributed by atoms with Crippen LogP contribution in [0.4, 0.5) is 0 Å². The second-order valence-corrected chi connectivity index (χ2v) is 12.3. The molecule has 1 amide bonds. The van der Waals surface area contributed by atoms with Crippen LogP contribution in [0.15, 0.2) is 65.8 Å². The summed E-state index contributed by atoms with van der Waals surface area (Å²) in [4.78, 5) is 20.3. The normalized spacial score (nSPS) is 17.9. The van der Waals surface area contributed by atoms with Crippen molar-refractivity contribution in [2.24, 2.45) is 0 Å². The van der Waals surface area contributed by atoms with Crippen molar-refractivity contribution in [2.45, 2.75) is 55.4 Å². The van der Waals surface area contributed by atoms with Crippen LogP contribution in [-0.2, 0) is 26.6 Å². The fraction of sp³-hybridized carbons (Fsp3) is 0.407. The van der Waals surface area contributed by atoms with Crippen LogP contribution in [0, 0.1) is 6.92 Å². The van der Waals surface area contributed by atoms with Gasteiger partial charge in [0.25, 0.3) is 0 Å². The molecule has 0 bridgehead atoms. The Bertz CT molecular complexity index is 1300. The van der Waals surface area contributed by atoms with E-state index in [9.17, 15) is 13.2 Å². The molecule has 1 aliphatic carbocycles. The zero-order chi connectivity index (χ0) is 24.6. The molecule has 184 valence electrons. The number of aryl methyl sites for hydroxylation is 2. The van der Waals surface area contributed by atoms with Crippen molar-refractivity contribution in [3.8, 4) is 0 Å². The molecule has 0 atom stereocenters. The number of amides is 1. The SMILES string of the molecule is Cc1ccc(S(=O)(=O)CCn2ccnc2C2CCN(C(=O)C3(c4ccc(Cl)cc4)CC3)CC2)cc1. The minimum absolute atomic E-state index is 0.0281. The molecule has 0 unspecified atom stereocenters. The van der Waals surface area contributed by atoms with E-state index in [0.717, 1.165) is 42.6 Å². The number of halogens is 1. The van der Waals surface area contributed by atoms with Gasteiger partial charge in [-0.3, -0.25) is 4.79 Å². The smallest absolute Gasteiger partial charge is 0.233 e. The number of hydrogen-bond donors (Lipinski definition) is 0. The summed E-state index contributed by atoms with van der Waals surface area (Å²) in [6.07, 6.45) is 7.01. The van der Waals surface area contributed by atoms with Crippen molar-refractivity contribution in [3.05, 3.63) is 82.9 Å². The fourth-order valence-corrected chi connectivity index (χ4v) is 6.46. The highest BCUT2D eigenvalue weighted by Crippen LogP contribution is 2.50. The third-order valence-electron chi connectivity index (χ3n) is 7.43. The summed E-state index contributed by atoms with van der Waals surface area (Å²) in [5.41, 5.74) is 1.70. The predicted octanol–water partition coefficient (Wildman–Crippen LogP) is 4.76. The van der Waals surface area contributed by atoms with Crippen LogP contribution in [0.3, 0.4) is 0 Å². The number of imidazole rings is 1. The molecule has 1 saturated carbocycles. The molecule has 2 aliphatic rings. The van der Waals surface area contributed by atoms with Gasteiger partial charge >= 0.3 is 0 Å². The first-order chi connectivity index (χ1) is 16.8. The van der Waals surface area contributed by atoms with Gasteiger partial charge < -0.3 is 9.47 Å². The topological polar surface area (TPSA) is 72.3 Å². The lowest BCUT2D eigenvalue weighted by atomic mass is 9.91. The lowest BCUT2D eigenvalue weighted by Gasteiger charge is -2.34. The maximum absolute atomic E-state index is 13.4. The summed E-state index contributed by atoms with van der Waals surface area (Å²) in [5.74, 6) is 1.36. The van der Waals surface area contributed by atoms with Gasteiger partial charge in [-0.05, 0) is 62.4 Å². The first-order valence-corrected chi connectivity index (χ1v) is 14.2. The van der Waals surface area contributed by atoms with E-state index in [1.165, 1.54) is 0 Å². The molecule has 1 aromatic heterocycles. The summed E-state index contributed by atoms with van der Waals surface area (Å²) in [6, 6.07) is 14.6. The molecule has 2 heterocycles. The number of rotatable bonds is 7.